The maximum atomic E-state index is 9.84. The van der Waals surface area contributed by atoms with Gasteiger partial charge in [-0.25, -0.2) is 0 Å². The van der Waals surface area contributed by atoms with Gasteiger partial charge in [-0.2, -0.15) is 0 Å². The van der Waals surface area contributed by atoms with Crippen LogP contribution in [0.2, 0.25) is 0 Å². The van der Waals surface area contributed by atoms with E-state index in [1.807, 2.05) is 6.92 Å². The van der Waals surface area contributed by atoms with E-state index in [1.165, 1.54) is 0 Å². The minimum Gasteiger partial charge on any atom is -0.393 e. The molecule has 3 heteroatoms. The summed E-state index contributed by atoms with van der Waals surface area (Å²) in [7, 11) is 0. The highest BCUT2D eigenvalue weighted by molar-refractivity contribution is 5.03. The Bertz CT molecular complexity index is 183. The molecule has 1 saturated heterocycles. The zero-order valence-corrected chi connectivity index (χ0v) is 7.36. The van der Waals surface area contributed by atoms with E-state index in [1.54, 1.807) is 0 Å². The van der Waals surface area contributed by atoms with Crippen LogP contribution in [0.15, 0.2) is 0 Å². The van der Waals surface area contributed by atoms with Crippen LogP contribution in [0.3, 0.4) is 0 Å². The molecule has 1 aliphatic heterocycles. The highest BCUT2D eigenvalue weighted by Gasteiger charge is 2.54. The number of hydrogen-bond acceptors (Lipinski definition) is 3. The topological polar surface area (TPSA) is 49.7 Å². The largest absolute Gasteiger partial charge is 0.393 e. The van der Waals surface area contributed by atoms with E-state index in [0.717, 1.165) is 19.3 Å². The van der Waals surface area contributed by atoms with Gasteiger partial charge in [0.05, 0.1) is 18.8 Å². The molecule has 0 aromatic heterocycles. The van der Waals surface area contributed by atoms with Gasteiger partial charge < -0.3 is 14.9 Å². The number of hydrogen-bond donors (Lipinski definition) is 2. The summed E-state index contributed by atoms with van der Waals surface area (Å²) < 4.78 is 5.63. The minimum absolute atomic E-state index is 0.0466. The first kappa shape index (κ1) is 8.48. The van der Waals surface area contributed by atoms with E-state index in [0.29, 0.717) is 0 Å². The van der Waals surface area contributed by atoms with E-state index in [2.05, 4.69) is 0 Å². The minimum atomic E-state index is -0.623. The molecule has 2 N–H and O–H groups in total. The summed E-state index contributed by atoms with van der Waals surface area (Å²) in [6.07, 6.45) is 2.54. The lowest BCUT2D eigenvalue weighted by Gasteiger charge is -2.34. The standard InChI is InChI=1S/C9H16O3/c1-6-7-3-2-4-9(5-10,12-6)8(7)11/h6-8,10-11H,2-5H2,1H3/t6-,7-,8?,9+/m0/s1. The van der Waals surface area contributed by atoms with Crippen molar-refractivity contribution in [3.05, 3.63) is 0 Å². The third kappa shape index (κ3) is 0.934. The van der Waals surface area contributed by atoms with Crippen molar-refractivity contribution in [3.8, 4) is 0 Å². The lowest BCUT2D eigenvalue weighted by Crippen LogP contribution is -2.47. The van der Waals surface area contributed by atoms with Crippen molar-refractivity contribution in [3.63, 3.8) is 0 Å². The molecule has 0 spiro atoms. The first-order chi connectivity index (χ1) is 5.69. The quantitative estimate of drug-likeness (QED) is 0.598. The Morgan fingerprint density at radius 3 is 2.92 bits per heavy atom. The summed E-state index contributed by atoms with van der Waals surface area (Å²) in [6, 6.07) is 0. The average Bonchev–Trinajstić information content (AvgIpc) is 2.23. The molecule has 12 heavy (non-hydrogen) atoms. The van der Waals surface area contributed by atoms with Crippen LogP contribution >= 0.6 is 0 Å². The van der Waals surface area contributed by atoms with Gasteiger partial charge >= 0.3 is 0 Å². The van der Waals surface area contributed by atoms with Crippen molar-refractivity contribution in [2.45, 2.75) is 44.0 Å². The van der Waals surface area contributed by atoms with Gasteiger partial charge in [-0.05, 0) is 26.2 Å². The number of aliphatic hydroxyl groups excluding tert-OH is 2. The summed E-state index contributed by atoms with van der Waals surface area (Å²) in [5, 5.41) is 19.0. The van der Waals surface area contributed by atoms with Crippen molar-refractivity contribution < 1.29 is 14.9 Å². The Balaban J connectivity index is 2.24. The normalized spacial score (nSPS) is 52.8. The fourth-order valence-corrected chi connectivity index (χ4v) is 2.62. The van der Waals surface area contributed by atoms with Gasteiger partial charge in [0.25, 0.3) is 0 Å². The smallest absolute Gasteiger partial charge is 0.118 e. The highest BCUT2D eigenvalue weighted by atomic mass is 16.5. The highest BCUT2D eigenvalue weighted by Crippen LogP contribution is 2.45. The molecule has 0 aromatic carbocycles. The van der Waals surface area contributed by atoms with Crippen molar-refractivity contribution in [2.24, 2.45) is 5.92 Å². The molecule has 0 amide bonds. The number of rotatable bonds is 1. The summed E-state index contributed by atoms with van der Waals surface area (Å²) in [4.78, 5) is 0. The molecule has 1 heterocycles. The van der Waals surface area contributed by atoms with Crippen molar-refractivity contribution in [1.82, 2.24) is 0 Å². The van der Waals surface area contributed by atoms with Gasteiger partial charge in [-0.3, -0.25) is 0 Å². The van der Waals surface area contributed by atoms with Gasteiger partial charge in [0.15, 0.2) is 0 Å². The second-order valence-corrected chi connectivity index (χ2v) is 4.05. The van der Waals surface area contributed by atoms with E-state index in [9.17, 15) is 10.2 Å². The monoisotopic (exact) mass is 172 g/mol. The molecule has 1 unspecified atom stereocenters. The van der Waals surface area contributed by atoms with Gasteiger partial charge in [-0.15, -0.1) is 0 Å². The number of fused-ring (bicyclic) bond motifs is 2. The summed E-state index contributed by atoms with van der Waals surface area (Å²) in [5.74, 6) is 0.242. The molecule has 4 atom stereocenters. The van der Waals surface area contributed by atoms with E-state index < -0.39 is 11.7 Å². The van der Waals surface area contributed by atoms with Gasteiger partial charge in [0, 0.05) is 5.92 Å². The molecular weight excluding hydrogens is 156 g/mol. The van der Waals surface area contributed by atoms with Gasteiger partial charge in [-0.1, -0.05) is 0 Å². The molecule has 3 nitrogen and oxygen atoms in total. The molecule has 0 radical (unpaired) electrons. The fourth-order valence-electron chi connectivity index (χ4n) is 2.62. The van der Waals surface area contributed by atoms with Crippen LogP contribution in [-0.2, 0) is 4.74 Å². The molecule has 2 rings (SSSR count). The van der Waals surface area contributed by atoms with Crippen LogP contribution in [0.4, 0.5) is 0 Å². The second kappa shape index (κ2) is 2.69. The lowest BCUT2D eigenvalue weighted by molar-refractivity contribution is -0.116. The van der Waals surface area contributed by atoms with Gasteiger partial charge in [0.1, 0.15) is 5.60 Å². The van der Waals surface area contributed by atoms with E-state index in [4.69, 9.17) is 4.74 Å². The van der Waals surface area contributed by atoms with Crippen LogP contribution in [0, 0.1) is 5.92 Å². The SMILES string of the molecule is C[C@@H]1O[C@@]2(CO)CCC[C@@H]1C2O. The predicted octanol–water partition coefficient (Wildman–Crippen LogP) is 0.297. The molecule has 1 saturated carbocycles. The zero-order valence-electron chi connectivity index (χ0n) is 7.36. The Morgan fingerprint density at radius 1 is 1.58 bits per heavy atom. The third-order valence-electron chi connectivity index (χ3n) is 3.37. The zero-order chi connectivity index (χ0) is 8.77. The third-order valence-corrected chi connectivity index (χ3v) is 3.37. The van der Waals surface area contributed by atoms with Crippen LogP contribution in [0.1, 0.15) is 26.2 Å². The number of aliphatic hydroxyl groups is 2. The van der Waals surface area contributed by atoms with E-state index >= 15 is 0 Å². The van der Waals surface area contributed by atoms with Crippen molar-refractivity contribution >= 4 is 0 Å². The average molecular weight is 172 g/mol. The molecule has 70 valence electrons. The van der Waals surface area contributed by atoms with Crippen LogP contribution in [0.5, 0.6) is 0 Å². The summed E-state index contributed by atoms with van der Waals surface area (Å²) in [5.41, 5.74) is -0.623. The van der Waals surface area contributed by atoms with Crippen LogP contribution < -0.4 is 0 Å². The van der Waals surface area contributed by atoms with Gasteiger partial charge in [0.2, 0.25) is 0 Å². The molecule has 2 aliphatic rings. The molecule has 1 aliphatic carbocycles. The van der Waals surface area contributed by atoms with Crippen molar-refractivity contribution in [2.75, 3.05) is 6.61 Å². The first-order valence-corrected chi connectivity index (χ1v) is 4.66. The molecule has 0 aromatic rings. The summed E-state index contributed by atoms with van der Waals surface area (Å²) in [6.45, 7) is 1.94. The fraction of sp³-hybridized carbons (Fsp3) is 1.00. The van der Waals surface area contributed by atoms with Crippen molar-refractivity contribution in [1.29, 1.82) is 0 Å². The predicted molar refractivity (Wildman–Crippen MR) is 43.7 cm³/mol. The Kier molecular flexibility index (Phi) is 1.90. The van der Waals surface area contributed by atoms with E-state index in [-0.39, 0.29) is 18.6 Å². The molecule has 2 fully saturated rings. The molecular formula is C9H16O3. The van der Waals surface area contributed by atoms with Crippen LogP contribution in [0.25, 0.3) is 0 Å². The first-order valence-electron chi connectivity index (χ1n) is 4.66. The Hall–Kier alpha value is -0.120. The maximum absolute atomic E-state index is 9.84. The van der Waals surface area contributed by atoms with Crippen LogP contribution in [-0.4, -0.2) is 34.6 Å². The summed E-state index contributed by atoms with van der Waals surface area (Å²) >= 11 is 0. The lowest BCUT2D eigenvalue weighted by atomic mass is 9.77. The number of ether oxygens (including phenoxy) is 1. The molecule has 2 bridgehead atoms. The Labute approximate surface area is 72.3 Å². The second-order valence-electron chi connectivity index (χ2n) is 4.05. The maximum Gasteiger partial charge on any atom is 0.118 e. The Morgan fingerprint density at radius 2 is 2.33 bits per heavy atom.